The first-order chi connectivity index (χ1) is 10.7. The van der Waals surface area contributed by atoms with Gasteiger partial charge in [-0.05, 0) is 36.6 Å². The number of benzene rings is 1. The van der Waals surface area contributed by atoms with Crippen LogP contribution in [0.1, 0.15) is 28.9 Å². The van der Waals surface area contributed by atoms with E-state index in [9.17, 15) is 4.79 Å². The number of carbonyl (C=O) groups excluding carboxylic acids is 1. The van der Waals surface area contributed by atoms with Crippen LogP contribution in [0.4, 0.5) is 0 Å². The minimum atomic E-state index is -0.127. The highest BCUT2D eigenvalue weighted by Gasteiger charge is 2.35. The van der Waals surface area contributed by atoms with Crippen molar-refractivity contribution in [1.29, 1.82) is 0 Å². The second-order valence-electron chi connectivity index (χ2n) is 5.56. The molecule has 0 radical (unpaired) electrons. The van der Waals surface area contributed by atoms with Crippen LogP contribution in [-0.2, 0) is 10.2 Å². The van der Waals surface area contributed by atoms with Gasteiger partial charge < -0.3 is 10.1 Å². The van der Waals surface area contributed by atoms with Crippen molar-refractivity contribution in [2.45, 2.75) is 18.3 Å². The van der Waals surface area contributed by atoms with E-state index in [2.05, 4.69) is 43.6 Å². The van der Waals surface area contributed by atoms with E-state index in [-0.39, 0.29) is 11.3 Å². The monoisotopic (exact) mass is 363 g/mol. The molecule has 0 saturated carbocycles. The number of aromatic amines is 1. The zero-order valence-corrected chi connectivity index (χ0v) is 13.7. The minimum absolute atomic E-state index is 0.0856. The number of hydrogen-bond donors (Lipinski definition) is 2. The number of nitrogens with one attached hydrogen (secondary N) is 2. The summed E-state index contributed by atoms with van der Waals surface area (Å²) in [6, 6.07) is 9.98. The van der Waals surface area contributed by atoms with Gasteiger partial charge in [-0.3, -0.25) is 9.89 Å². The van der Waals surface area contributed by atoms with Gasteiger partial charge in [0.2, 0.25) is 0 Å². The zero-order valence-electron chi connectivity index (χ0n) is 12.1. The van der Waals surface area contributed by atoms with Crippen molar-refractivity contribution in [1.82, 2.24) is 15.5 Å². The van der Waals surface area contributed by atoms with E-state index in [4.69, 9.17) is 4.74 Å². The summed E-state index contributed by atoms with van der Waals surface area (Å²) in [4.78, 5) is 12.2. The van der Waals surface area contributed by atoms with Gasteiger partial charge in [0.05, 0.1) is 0 Å². The Hall–Kier alpha value is -1.66. The first kappa shape index (κ1) is 15.2. The van der Waals surface area contributed by atoms with Gasteiger partial charge >= 0.3 is 0 Å². The third kappa shape index (κ3) is 3.23. The first-order valence-corrected chi connectivity index (χ1v) is 8.10. The summed E-state index contributed by atoms with van der Waals surface area (Å²) >= 11 is 3.53. The van der Waals surface area contributed by atoms with Crippen LogP contribution < -0.4 is 5.32 Å². The van der Waals surface area contributed by atoms with Gasteiger partial charge in [-0.25, -0.2) is 0 Å². The highest BCUT2D eigenvalue weighted by atomic mass is 79.9. The van der Waals surface area contributed by atoms with Crippen molar-refractivity contribution in [2.24, 2.45) is 0 Å². The molecular weight excluding hydrogens is 346 g/mol. The number of halogens is 1. The summed E-state index contributed by atoms with van der Waals surface area (Å²) in [5, 5.41) is 9.54. The van der Waals surface area contributed by atoms with E-state index in [1.807, 2.05) is 12.1 Å². The Bertz CT molecular complexity index is 637. The number of ether oxygens (including phenoxy) is 1. The van der Waals surface area contributed by atoms with Gasteiger partial charge in [0.25, 0.3) is 5.91 Å². The molecule has 1 saturated heterocycles. The summed E-state index contributed by atoms with van der Waals surface area (Å²) in [5.41, 5.74) is 1.63. The number of hydrogen-bond acceptors (Lipinski definition) is 3. The predicted molar refractivity (Wildman–Crippen MR) is 86.8 cm³/mol. The molecule has 2 N–H and O–H groups in total. The topological polar surface area (TPSA) is 67.0 Å². The number of aromatic nitrogens is 2. The zero-order chi connectivity index (χ0) is 15.4. The van der Waals surface area contributed by atoms with Crippen LogP contribution in [0.25, 0.3) is 0 Å². The lowest BCUT2D eigenvalue weighted by Gasteiger charge is -2.38. The van der Waals surface area contributed by atoms with Crippen LogP contribution in [0.2, 0.25) is 0 Å². The van der Waals surface area contributed by atoms with Gasteiger partial charge in [-0.2, -0.15) is 5.10 Å². The molecule has 1 aliphatic rings. The van der Waals surface area contributed by atoms with Crippen LogP contribution in [0, 0.1) is 0 Å². The molecule has 0 unspecified atom stereocenters. The molecule has 1 aliphatic heterocycles. The van der Waals surface area contributed by atoms with Crippen molar-refractivity contribution in [3.63, 3.8) is 0 Å². The second kappa shape index (κ2) is 6.62. The highest BCUT2D eigenvalue weighted by molar-refractivity contribution is 9.10. The second-order valence-corrected chi connectivity index (χ2v) is 6.47. The molecule has 116 valence electrons. The minimum Gasteiger partial charge on any atom is -0.381 e. The van der Waals surface area contributed by atoms with Crippen LogP contribution in [-0.4, -0.2) is 35.9 Å². The number of amides is 1. The van der Waals surface area contributed by atoms with E-state index in [1.165, 1.54) is 5.56 Å². The molecule has 22 heavy (non-hydrogen) atoms. The Balaban J connectivity index is 1.79. The molecule has 1 fully saturated rings. The van der Waals surface area contributed by atoms with Crippen molar-refractivity contribution >= 4 is 21.8 Å². The van der Waals surface area contributed by atoms with Gasteiger partial charge in [0.1, 0.15) is 5.69 Å². The van der Waals surface area contributed by atoms with Crippen molar-refractivity contribution in [2.75, 3.05) is 19.8 Å². The Morgan fingerprint density at radius 2 is 2.18 bits per heavy atom. The van der Waals surface area contributed by atoms with Crippen molar-refractivity contribution in [3.05, 3.63) is 52.3 Å². The van der Waals surface area contributed by atoms with E-state index in [1.54, 1.807) is 12.3 Å². The number of carbonyl (C=O) groups is 1. The Kier molecular flexibility index (Phi) is 4.59. The van der Waals surface area contributed by atoms with E-state index in [0.29, 0.717) is 25.5 Å². The summed E-state index contributed by atoms with van der Waals surface area (Å²) < 4.78 is 6.57. The maximum atomic E-state index is 12.2. The third-order valence-electron chi connectivity index (χ3n) is 4.22. The molecule has 0 atom stereocenters. The molecule has 1 amide bonds. The summed E-state index contributed by atoms with van der Waals surface area (Å²) in [5.74, 6) is -0.127. The molecule has 0 aliphatic carbocycles. The molecule has 5 nitrogen and oxygen atoms in total. The third-order valence-corrected chi connectivity index (χ3v) is 4.71. The molecule has 0 spiro atoms. The standard InChI is InChI=1S/C16H18BrN3O2/c17-13-3-1-2-12(10-13)16(5-8-22-9-6-16)11-18-15(21)14-4-7-19-20-14/h1-4,7,10H,5-6,8-9,11H2,(H,18,21)(H,19,20). The fraction of sp³-hybridized carbons (Fsp3) is 0.375. The lowest BCUT2D eigenvalue weighted by atomic mass is 9.74. The summed E-state index contributed by atoms with van der Waals surface area (Å²) in [7, 11) is 0. The Morgan fingerprint density at radius 1 is 1.36 bits per heavy atom. The summed E-state index contributed by atoms with van der Waals surface area (Å²) in [6.45, 7) is 2.02. The molecule has 6 heteroatoms. The fourth-order valence-electron chi connectivity index (χ4n) is 2.88. The van der Waals surface area contributed by atoms with E-state index < -0.39 is 0 Å². The maximum Gasteiger partial charge on any atom is 0.269 e. The molecule has 1 aromatic carbocycles. The van der Waals surface area contributed by atoms with Gasteiger partial charge in [-0.1, -0.05) is 28.1 Å². The quantitative estimate of drug-likeness (QED) is 0.877. The van der Waals surface area contributed by atoms with Crippen molar-refractivity contribution < 1.29 is 9.53 Å². The maximum absolute atomic E-state index is 12.2. The predicted octanol–water partition coefficient (Wildman–Crippen LogP) is 2.65. The Labute approximate surface area is 137 Å². The van der Waals surface area contributed by atoms with E-state index >= 15 is 0 Å². The van der Waals surface area contributed by atoms with Gasteiger partial charge in [0.15, 0.2) is 0 Å². The molecule has 3 rings (SSSR count). The molecule has 2 heterocycles. The molecule has 2 aromatic rings. The average molecular weight is 364 g/mol. The Morgan fingerprint density at radius 3 is 2.86 bits per heavy atom. The number of H-pyrrole nitrogens is 1. The highest BCUT2D eigenvalue weighted by Crippen LogP contribution is 2.35. The van der Waals surface area contributed by atoms with Crippen molar-refractivity contribution in [3.8, 4) is 0 Å². The number of nitrogens with zero attached hydrogens (tertiary/aromatic N) is 1. The molecule has 1 aromatic heterocycles. The molecular formula is C16H18BrN3O2. The van der Waals surface area contributed by atoms with Crippen LogP contribution in [0.3, 0.4) is 0 Å². The average Bonchev–Trinajstić information content (AvgIpc) is 3.08. The smallest absolute Gasteiger partial charge is 0.269 e. The van der Waals surface area contributed by atoms with E-state index in [0.717, 1.165) is 17.3 Å². The largest absolute Gasteiger partial charge is 0.381 e. The first-order valence-electron chi connectivity index (χ1n) is 7.31. The van der Waals surface area contributed by atoms with Crippen LogP contribution >= 0.6 is 15.9 Å². The van der Waals surface area contributed by atoms with Crippen LogP contribution in [0.15, 0.2) is 41.0 Å². The normalized spacial score (nSPS) is 17.1. The fourth-order valence-corrected chi connectivity index (χ4v) is 3.27. The lowest BCUT2D eigenvalue weighted by Crippen LogP contribution is -2.44. The van der Waals surface area contributed by atoms with Crippen LogP contribution in [0.5, 0.6) is 0 Å². The number of rotatable bonds is 4. The SMILES string of the molecule is O=C(NCC1(c2cccc(Br)c2)CCOCC1)c1ccn[nH]1. The van der Waals surface area contributed by atoms with Gasteiger partial charge in [0, 0.05) is 35.8 Å². The van der Waals surface area contributed by atoms with Gasteiger partial charge in [-0.15, -0.1) is 0 Å². The molecule has 0 bridgehead atoms. The lowest BCUT2D eigenvalue weighted by molar-refractivity contribution is 0.0486. The summed E-state index contributed by atoms with van der Waals surface area (Å²) in [6.07, 6.45) is 3.37.